The van der Waals surface area contributed by atoms with Crippen molar-refractivity contribution in [2.45, 2.75) is 17.8 Å². The Morgan fingerprint density at radius 1 is 0.792 bits per heavy atom. The second kappa shape index (κ2) is 4.81. The molecule has 5 rings (SSSR count). The Balaban J connectivity index is 1.77. The molecule has 1 heterocycles. The topological polar surface area (TPSA) is 29.1 Å². The van der Waals surface area contributed by atoms with Crippen molar-refractivity contribution < 1.29 is 4.79 Å². The summed E-state index contributed by atoms with van der Waals surface area (Å²) in [6.45, 7) is 0. The summed E-state index contributed by atoms with van der Waals surface area (Å²) in [6, 6.07) is 27.0. The quantitative estimate of drug-likeness (QED) is 0.706. The van der Waals surface area contributed by atoms with Gasteiger partial charge in [0.15, 0.2) is 0 Å². The molecule has 0 saturated carbocycles. The van der Waals surface area contributed by atoms with Crippen LogP contribution in [0.1, 0.15) is 34.6 Å². The minimum Gasteiger partial charge on any atom is -0.325 e. The van der Waals surface area contributed by atoms with Crippen LogP contribution < -0.4 is 5.32 Å². The maximum absolute atomic E-state index is 13.1. The van der Waals surface area contributed by atoms with Crippen LogP contribution in [0.5, 0.6) is 0 Å². The molecule has 1 N–H and O–H groups in total. The molecule has 2 nitrogen and oxygen atoms in total. The molecule has 1 spiro atoms. The zero-order chi connectivity index (χ0) is 16.1. The number of anilines is 1. The Morgan fingerprint density at radius 2 is 1.46 bits per heavy atom. The van der Waals surface area contributed by atoms with Gasteiger partial charge in [-0.1, -0.05) is 72.8 Å². The van der Waals surface area contributed by atoms with E-state index in [1.54, 1.807) is 0 Å². The first-order chi connectivity index (χ1) is 11.8. The molecule has 2 atom stereocenters. The molecule has 0 saturated heterocycles. The van der Waals surface area contributed by atoms with Crippen molar-refractivity contribution in [3.8, 4) is 0 Å². The average Bonchev–Trinajstić information content (AvgIpc) is 3.13. The summed E-state index contributed by atoms with van der Waals surface area (Å²) < 4.78 is 0. The molecule has 3 aromatic carbocycles. The van der Waals surface area contributed by atoms with Crippen molar-refractivity contribution in [3.05, 3.63) is 101 Å². The van der Waals surface area contributed by atoms with Gasteiger partial charge in [-0.25, -0.2) is 0 Å². The van der Waals surface area contributed by atoms with Crippen molar-refractivity contribution >= 4 is 11.6 Å². The number of fused-ring (bicyclic) bond motifs is 4. The Hall–Kier alpha value is -2.87. The highest BCUT2D eigenvalue weighted by atomic mass is 16.2. The van der Waals surface area contributed by atoms with E-state index in [0.717, 1.165) is 23.2 Å². The largest absolute Gasteiger partial charge is 0.325 e. The van der Waals surface area contributed by atoms with Gasteiger partial charge in [-0.15, -0.1) is 0 Å². The van der Waals surface area contributed by atoms with Crippen LogP contribution in [0, 0.1) is 0 Å². The number of amides is 1. The fourth-order valence-corrected chi connectivity index (χ4v) is 4.48. The molecule has 3 aromatic rings. The third-order valence-electron chi connectivity index (χ3n) is 5.53. The number of carbonyl (C=O) groups excluding carboxylic acids is 1. The Labute approximate surface area is 141 Å². The first-order valence-corrected chi connectivity index (χ1v) is 8.36. The highest BCUT2D eigenvalue weighted by Crippen LogP contribution is 2.56. The van der Waals surface area contributed by atoms with Gasteiger partial charge in [-0.2, -0.15) is 0 Å². The smallest absolute Gasteiger partial charge is 0.239 e. The second-order valence-electron chi connectivity index (χ2n) is 6.66. The van der Waals surface area contributed by atoms with Crippen LogP contribution in [0.4, 0.5) is 5.69 Å². The maximum atomic E-state index is 13.1. The van der Waals surface area contributed by atoms with E-state index in [1.807, 2.05) is 30.3 Å². The van der Waals surface area contributed by atoms with Gasteiger partial charge in [0.1, 0.15) is 5.41 Å². The summed E-state index contributed by atoms with van der Waals surface area (Å²) in [4.78, 5) is 13.1. The van der Waals surface area contributed by atoms with Gasteiger partial charge >= 0.3 is 0 Å². The first kappa shape index (κ1) is 13.6. The van der Waals surface area contributed by atoms with E-state index >= 15 is 0 Å². The highest BCUT2D eigenvalue weighted by Gasteiger charge is 2.54. The molecule has 0 fully saturated rings. The molecule has 2 heteroatoms. The lowest BCUT2D eigenvalue weighted by Gasteiger charge is -2.23. The van der Waals surface area contributed by atoms with E-state index in [4.69, 9.17) is 0 Å². The lowest BCUT2D eigenvalue weighted by molar-refractivity contribution is -0.119. The van der Waals surface area contributed by atoms with Gasteiger partial charge in [-0.3, -0.25) is 4.79 Å². The van der Waals surface area contributed by atoms with Crippen LogP contribution in [0.25, 0.3) is 0 Å². The van der Waals surface area contributed by atoms with Crippen LogP contribution in [-0.4, -0.2) is 5.91 Å². The fourth-order valence-electron chi connectivity index (χ4n) is 4.48. The molecule has 116 valence electrons. The number of rotatable bonds is 1. The summed E-state index contributed by atoms with van der Waals surface area (Å²) in [5.74, 6) is 0.355. The van der Waals surface area contributed by atoms with Gasteiger partial charge in [0.05, 0.1) is 0 Å². The zero-order valence-electron chi connectivity index (χ0n) is 13.2. The number of para-hydroxylation sites is 1. The molecule has 0 bridgehead atoms. The van der Waals surface area contributed by atoms with Crippen LogP contribution in [0.3, 0.4) is 0 Å². The first-order valence-electron chi connectivity index (χ1n) is 8.36. The molecule has 1 aliphatic carbocycles. The Kier molecular flexibility index (Phi) is 2.72. The van der Waals surface area contributed by atoms with Crippen molar-refractivity contribution in [2.24, 2.45) is 0 Å². The van der Waals surface area contributed by atoms with Gasteiger partial charge in [-0.05, 0) is 34.7 Å². The predicted octanol–water partition coefficient (Wildman–Crippen LogP) is 4.46. The summed E-state index contributed by atoms with van der Waals surface area (Å²) in [7, 11) is 0. The number of hydrogen-bond donors (Lipinski definition) is 1. The van der Waals surface area contributed by atoms with Gasteiger partial charge < -0.3 is 5.32 Å². The van der Waals surface area contributed by atoms with E-state index < -0.39 is 5.41 Å². The molecular weight excluding hydrogens is 294 g/mol. The molecule has 2 aliphatic rings. The Bertz CT molecular complexity index is 947. The van der Waals surface area contributed by atoms with Crippen LogP contribution in [-0.2, 0) is 10.2 Å². The monoisotopic (exact) mass is 311 g/mol. The summed E-state index contributed by atoms with van der Waals surface area (Å²) in [6.07, 6.45) is 0.791. The third kappa shape index (κ3) is 1.63. The molecule has 1 amide bonds. The minimum absolute atomic E-state index is 0.106. The molecule has 2 unspecified atom stereocenters. The maximum Gasteiger partial charge on any atom is 0.239 e. The minimum atomic E-state index is -0.562. The standard InChI is InChI=1S/C22H17NO/c24-21-22(19-12-6-7-13-20(19)23-21)14-17(15-8-2-1-3-9-15)16-10-4-5-11-18(16)22/h1-13,17H,14H2,(H,23,24). The number of nitrogens with one attached hydrogen (secondary N) is 1. The predicted molar refractivity (Wildman–Crippen MR) is 95.2 cm³/mol. The van der Waals surface area contributed by atoms with Gasteiger partial charge in [0.2, 0.25) is 5.91 Å². The van der Waals surface area contributed by atoms with E-state index in [9.17, 15) is 4.79 Å². The number of benzene rings is 3. The third-order valence-corrected chi connectivity index (χ3v) is 5.53. The zero-order valence-corrected chi connectivity index (χ0v) is 13.2. The molecule has 0 aromatic heterocycles. The molecule has 0 radical (unpaired) electrons. The van der Waals surface area contributed by atoms with Crippen molar-refractivity contribution in [1.82, 2.24) is 0 Å². The highest BCUT2D eigenvalue weighted by molar-refractivity contribution is 6.09. The number of hydrogen-bond acceptors (Lipinski definition) is 1. The molecule has 24 heavy (non-hydrogen) atoms. The van der Waals surface area contributed by atoms with Gasteiger partial charge in [0, 0.05) is 11.6 Å². The summed E-state index contributed by atoms with van der Waals surface area (Å²) in [5, 5.41) is 3.10. The van der Waals surface area contributed by atoms with E-state index in [2.05, 4.69) is 53.8 Å². The van der Waals surface area contributed by atoms with Crippen LogP contribution >= 0.6 is 0 Å². The Morgan fingerprint density at radius 3 is 2.29 bits per heavy atom. The van der Waals surface area contributed by atoms with Crippen molar-refractivity contribution in [3.63, 3.8) is 0 Å². The van der Waals surface area contributed by atoms with Crippen molar-refractivity contribution in [1.29, 1.82) is 0 Å². The molecule has 1 aliphatic heterocycles. The lowest BCUT2D eigenvalue weighted by atomic mass is 9.75. The van der Waals surface area contributed by atoms with Crippen molar-refractivity contribution in [2.75, 3.05) is 5.32 Å². The van der Waals surface area contributed by atoms with Gasteiger partial charge in [0.25, 0.3) is 0 Å². The van der Waals surface area contributed by atoms with E-state index in [-0.39, 0.29) is 11.8 Å². The summed E-state index contributed by atoms with van der Waals surface area (Å²) >= 11 is 0. The average molecular weight is 311 g/mol. The van der Waals surface area contributed by atoms with E-state index in [0.29, 0.717) is 0 Å². The van der Waals surface area contributed by atoms with E-state index in [1.165, 1.54) is 11.1 Å². The lowest BCUT2D eigenvalue weighted by Crippen LogP contribution is -2.33. The normalized spacial score (nSPS) is 23.8. The SMILES string of the molecule is O=C1Nc2ccccc2C12CC(c1ccccc1)c1ccccc12. The number of carbonyl (C=O) groups is 1. The van der Waals surface area contributed by atoms with Crippen LogP contribution in [0.2, 0.25) is 0 Å². The summed E-state index contributed by atoms with van der Waals surface area (Å²) in [5.41, 5.74) is 5.20. The molecular formula is C22H17NO. The van der Waals surface area contributed by atoms with Crippen LogP contribution in [0.15, 0.2) is 78.9 Å². The second-order valence-corrected chi connectivity index (χ2v) is 6.66. The fraction of sp³-hybridized carbons (Fsp3) is 0.136.